The molecule has 5 aliphatic rings. The third-order valence-electron chi connectivity index (χ3n) is 6.93. The summed E-state index contributed by atoms with van der Waals surface area (Å²) >= 11 is 0. The first-order valence-corrected chi connectivity index (χ1v) is 7.04. The topological polar surface area (TPSA) is 6.48 Å². The first-order valence-electron chi connectivity index (χ1n) is 7.04. The number of hydrogen-bond donors (Lipinski definition) is 0. The van der Waals surface area contributed by atoms with Crippen LogP contribution in [0, 0.1) is 16.7 Å². The van der Waals surface area contributed by atoms with Gasteiger partial charge in [0.25, 0.3) is 0 Å². The maximum Gasteiger partial charge on any atom is 0.0314 e. The van der Waals surface area contributed by atoms with Crippen LogP contribution in [0.5, 0.6) is 0 Å². The zero-order valence-electron chi connectivity index (χ0n) is 10.9. The Bertz CT molecular complexity index is 330. The monoisotopic (exact) mass is 220 g/mol. The Morgan fingerprint density at radius 2 is 1.56 bits per heavy atom. The van der Waals surface area contributed by atoms with E-state index in [0.717, 1.165) is 18.0 Å². The maximum absolute atomic E-state index is 2.82. The molecule has 0 spiro atoms. The summed E-state index contributed by atoms with van der Waals surface area (Å²) in [6.45, 7) is 13.0. The molecule has 0 radical (unpaired) electrons. The molecule has 5 fully saturated rings. The van der Waals surface area contributed by atoms with Crippen molar-refractivity contribution in [3.05, 3.63) is 0 Å². The summed E-state index contributed by atoms with van der Waals surface area (Å²) in [6, 6.07) is 1.78. The minimum atomic E-state index is 0.563. The van der Waals surface area contributed by atoms with E-state index < -0.39 is 0 Å². The van der Waals surface area contributed by atoms with Crippen molar-refractivity contribution in [1.82, 2.24) is 9.80 Å². The van der Waals surface area contributed by atoms with Crippen molar-refractivity contribution < 1.29 is 0 Å². The van der Waals surface area contributed by atoms with Crippen LogP contribution in [0.4, 0.5) is 0 Å². The third-order valence-corrected chi connectivity index (χ3v) is 6.93. The van der Waals surface area contributed by atoms with E-state index in [1.54, 1.807) is 0 Å². The zero-order valence-corrected chi connectivity index (χ0v) is 10.9. The Hall–Kier alpha value is -0.0800. The van der Waals surface area contributed by atoms with Gasteiger partial charge in [0, 0.05) is 38.3 Å². The van der Waals surface area contributed by atoms with E-state index in [4.69, 9.17) is 0 Å². The fourth-order valence-electron chi connectivity index (χ4n) is 5.67. The molecular weight excluding hydrogens is 196 g/mol. The zero-order chi connectivity index (χ0) is 11.1. The molecule has 0 N–H and O–H groups in total. The number of piperazine rings is 3. The van der Waals surface area contributed by atoms with E-state index in [1.807, 2.05) is 0 Å². The van der Waals surface area contributed by atoms with Gasteiger partial charge in [-0.1, -0.05) is 20.8 Å². The molecule has 16 heavy (non-hydrogen) atoms. The van der Waals surface area contributed by atoms with Crippen LogP contribution in [-0.4, -0.2) is 48.1 Å². The van der Waals surface area contributed by atoms with Crippen LogP contribution in [0.15, 0.2) is 0 Å². The molecular formula is C14H24N2. The highest BCUT2D eigenvalue weighted by atomic mass is 15.4. The standard InChI is InChI=1S/C14H24N2/c1-13(2)10-4-5-14(13,3)12-11(10)15-6-8-16(12)9-7-15/h10-12H,4-9H2,1-3H3/t10?,11-,12-,14?/m1/s1. The second-order valence-electron chi connectivity index (χ2n) is 7.29. The maximum atomic E-state index is 2.82. The smallest absolute Gasteiger partial charge is 0.0314 e. The highest BCUT2D eigenvalue weighted by Gasteiger charge is 2.70. The summed E-state index contributed by atoms with van der Waals surface area (Å²) in [7, 11) is 0. The molecule has 2 saturated carbocycles. The fraction of sp³-hybridized carbons (Fsp3) is 1.00. The average molecular weight is 220 g/mol. The van der Waals surface area contributed by atoms with Crippen LogP contribution in [-0.2, 0) is 0 Å². The Morgan fingerprint density at radius 3 is 2.19 bits per heavy atom. The molecule has 4 atom stereocenters. The van der Waals surface area contributed by atoms with Gasteiger partial charge >= 0.3 is 0 Å². The van der Waals surface area contributed by atoms with Crippen molar-refractivity contribution in [1.29, 1.82) is 0 Å². The van der Waals surface area contributed by atoms with Gasteiger partial charge in [-0.2, -0.15) is 0 Å². The lowest BCUT2D eigenvalue weighted by molar-refractivity contribution is -0.0820. The highest BCUT2D eigenvalue weighted by molar-refractivity contribution is 5.22. The van der Waals surface area contributed by atoms with Crippen molar-refractivity contribution in [2.24, 2.45) is 16.7 Å². The summed E-state index contributed by atoms with van der Waals surface area (Å²) < 4.78 is 0. The average Bonchev–Trinajstić information content (AvgIpc) is 2.62. The summed E-state index contributed by atoms with van der Waals surface area (Å²) in [4.78, 5) is 5.65. The van der Waals surface area contributed by atoms with Crippen LogP contribution >= 0.6 is 0 Å². The molecule has 2 aliphatic carbocycles. The van der Waals surface area contributed by atoms with E-state index in [-0.39, 0.29) is 0 Å². The van der Waals surface area contributed by atoms with Gasteiger partial charge in [-0.15, -0.1) is 0 Å². The minimum Gasteiger partial charge on any atom is -0.296 e. The van der Waals surface area contributed by atoms with Crippen molar-refractivity contribution in [3.63, 3.8) is 0 Å². The SMILES string of the molecule is CC1(C)C2CCC1(C)[C@H]1[C@@H]2N2CCN1CC2. The Balaban J connectivity index is 1.84. The quantitative estimate of drug-likeness (QED) is 0.614. The molecule has 5 rings (SSSR count). The number of nitrogens with zero attached hydrogens (tertiary/aromatic N) is 2. The molecule has 0 aromatic rings. The Morgan fingerprint density at radius 1 is 0.938 bits per heavy atom. The van der Waals surface area contributed by atoms with Crippen LogP contribution in [0.25, 0.3) is 0 Å². The fourth-order valence-corrected chi connectivity index (χ4v) is 5.67. The highest BCUT2D eigenvalue weighted by Crippen LogP contribution is 2.68. The summed E-state index contributed by atoms with van der Waals surface area (Å²) in [5.41, 5.74) is 1.15. The first kappa shape index (κ1) is 9.90. The van der Waals surface area contributed by atoms with Crippen LogP contribution < -0.4 is 0 Å². The molecule has 3 heterocycles. The van der Waals surface area contributed by atoms with Crippen molar-refractivity contribution in [3.8, 4) is 0 Å². The molecule has 0 aromatic carbocycles. The summed E-state index contributed by atoms with van der Waals surface area (Å²) in [5.74, 6) is 0.964. The Kier molecular flexibility index (Phi) is 1.65. The van der Waals surface area contributed by atoms with Gasteiger partial charge in [0.2, 0.25) is 0 Å². The molecule has 0 aromatic heterocycles. The molecule has 3 aliphatic heterocycles. The van der Waals surface area contributed by atoms with E-state index in [9.17, 15) is 0 Å². The molecule has 3 saturated heterocycles. The van der Waals surface area contributed by atoms with Crippen LogP contribution in [0.1, 0.15) is 33.6 Å². The van der Waals surface area contributed by atoms with Gasteiger partial charge in [-0.3, -0.25) is 9.80 Å². The molecule has 4 bridgehead atoms. The number of fused-ring (bicyclic) bond motifs is 4. The van der Waals surface area contributed by atoms with Gasteiger partial charge in [-0.05, 0) is 29.6 Å². The van der Waals surface area contributed by atoms with Gasteiger partial charge in [0.1, 0.15) is 0 Å². The second kappa shape index (κ2) is 2.67. The molecule has 90 valence electrons. The lowest BCUT2D eigenvalue weighted by Crippen LogP contribution is -2.69. The van der Waals surface area contributed by atoms with Gasteiger partial charge in [-0.25, -0.2) is 0 Å². The number of rotatable bonds is 0. The lowest BCUT2D eigenvalue weighted by atomic mass is 9.68. The van der Waals surface area contributed by atoms with Crippen molar-refractivity contribution in [2.45, 2.75) is 45.7 Å². The van der Waals surface area contributed by atoms with Crippen molar-refractivity contribution in [2.75, 3.05) is 26.2 Å². The first-order chi connectivity index (χ1) is 7.56. The van der Waals surface area contributed by atoms with E-state index >= 15 is 0 Å². The normalized spacial score (nSPS) is 61.3. The molecule has 0 amide bonds. The number of hydrogen-bond acceptors (Lipinski definition) is 2. The van der Waals surface area contributed by atoms with Gasteiger partial charge < -0.3 is 0 Å². The third kappa shape index (κ3) is 0.830. The lowest BCUT2D eigenvalue weighted by Gasteiger charge is -2.57. The molecule has 2 heteroatoms. The predicted molar refractivity (Wildman–Crippen MR) is 65.3 cm³/mol. The van der Waals surface area contributed by atoms with E-state index in [2.05, 4.69) is 30.6 Å². The van der Waals surface area contributed by atoms with Crippen molar-refractivity contribution >= 4 is 0 Å². The minimum absolute atomic E-state index is 0.563. The van der Waals surface area contributed by atoms with Crippen LogP contribution in [0.3, 0.4) is 0 Å². The van der Waals surface area contributed by atoms with Gasteiger partial charge in [0.15, 0.2) is 0 Å². The van der Waals surface area contributed by atoms with E-state index in [1.165, 1.54) is 39.0 Å². The summed E-state index contributed by atoms with van der Waals surface area (Å²) in [5, 5.41) is 0. The van der Waals surface area contributed by atoms with Gasteiger partial charge in [0.05, 0.1) is 0 Å². The predicted octanol–water partition coefficient (Wildman–Crippen LogP) is 1.81. The largest absolute Gasteiger partial charge is 0.296 e. The molecule has 2 nitrogen and oxygen atoms in total. The molecule has 2 unspecified atom stereocenters. The summed E-state index contributed by atoms with van der Waals surface area (Å²) in [6.07, 6.45) is 2.95. The van der Waals surface area contributed by atoms with Crippen LogP contribution in [0.2, 0.25) is 0 Å². The second-order valence-corrected chi connectivity index (χ2v) is 7.29. The Labute approximate surface area is 99.0 Å². The van der Waals surface area contributed by atoms with E-state index in [0.29, 0.717) is 10.8 Å².